The molecule has 5 rings (SSSR count). The number of carbonyl (C=O) groups is 3. The molecule has 2 heterocycles. The number of aromatic nitrogens is 1. The van der Waals surface area contributed by atoms with Gasteiger partial charge in [-0.05, 0) is 54.1 Å². The number of nitrogens with one attached hydrogen (secondary N) is 1. The minimum absolute atomic E-state index is 0.107. The predicted octanol–water partition coefficient (Wildman–Crippen LogP) is 4.86. The van der Waals surface area contributed by atoms with Gasteiger partial charge in [-0.25, -0.2) is 4.98 Å². The Labute approximate surface area is 188 Å². The summed E-state index contributed by atoms with van der Waals surface area (Å²) >= 11 is 1.55. The molecule has 0 spiro atoms. The second kappa shape index (κ2) is 8.20. The molecule has 0 radical (unpaired) electrons. The number of fused-ring (bicyclic) bond motifs is 1. The molecule has 0 saturated heterocycles. The molecule has 0 unspecified atom stereocenters. The van der Waals surface area contributed by atoms with Crippen molar-refractivity contribution in [3.8, 4) is 10.6 Å². The van der Waals surface area contributed by atoms with E-state index >= 15 is 0 Å². The van der Waals surface area contributed by atoms with Gasteiger partial charge in [0.05, 0.1) is 17.7 Å². The second-order valence-electron chi connectivity index (χ2n) is 7.31. The number of hydrogen-bond donors (Lipinski definition) is 1. The number of imide groups is 1. The van der Waals surface area contributed by atoms with E-state index < -0.39 is 0 Å². The third kappa shape index (κ3) is 3.70. The van der Waals surface area contributed by atoms with E-state index in [1.807, 2.05) is 29.6 Å². The molecule has 0 atom stereocenters. The third-order valence-electron chi connectivity index (χ3n) is 5.23. The summed E-state index contributed by atoms with van der Waals surface area (Å²) in [5, 5.41) is 5.72. The lowest BCUT2D eigenvalue weighted by Gasteiger charge is -2.14. The first-order chi connectivity index (χ1) is 15.6. The highest BCUT2D eigenvalue weighted by atomic mass is 32.1. The average Bonchev–Trinajstić information content (AvgIpc) is 3.44. The normalized spacial score (nSPS) is 12.7. The summed E-state index contributed by atoms with van der Waals surface area (Å²) in [6.45, 7) is 0.107. The first-order valence-corrected chi connectivity index (χ1v) is 10.8. The van der Waals surface area contributed by atoms with Crippen molar-refractivity contribution in [3.05, 3.63) is 107 Å². The van der Waals surface area contributed by atoms with Crippen LogP contribution in [0.1, 0.15) is 36.6 Å². The number of amides is 3. The Kier molecular flexibility index (Phi) is 5.09. The monoisotopic (exact) mass is 439 g/mol. The summed E-state index contributed by atoms with van der Waals surface area (Å²) in [7, 11) is 0. The van der Waals surface area contributed by atoms with E-state index in [2.05, 4.69) is 10.3 Å². The maximum absolute atomic E-state index is 12.8. The molecule has 3 amide bonds. The van der Waals surface area contributed by atoms with Crippen LogP contribution in [0.4, 0.5) is 5.69 Å². The summed E-state index contributed by atoms with van der Waals surface area (Å²) in [6.07, 6.45) is 1.75. The molecule has 0 aliphatic carbocycles. The Morgan fingerprint density at radius 3 is 2.28 bits per heavy atom. The minimum Gasteiger partial charge on any atom is -0.322 e. The highest BCUT2D eigenvalue weighted by molar-refractivity contribution is 7.13. The number of carbonyl (C=O) groups excluding carboxylic acids is 3. The van der Waals surface area contributed by atoms with Crippen LogP contribution in [0.5, 0.6) is 0 Å². The van der Waals surface area contributed by atoms with Gasteiger partial charge in [0.25, 0.3) is 17.7 Å². The number of nitrogens with zero attached hydrogens (tertiary/aromatic N) is 2. The maximum Gasteiger partial charge on any atom is 0.261 e. The number of hydrogen-bond acceptors (Lipinski definition) is 5. The van der Waals surface area contributed by atoms with Crippen molar-refractivity contribution in [2.75, 3.05) is 5.32 Å². The van der Waals surface area contributed by atoms with Crippen LogP contribution in [0, 0.1) is 0 Å². The van der Waals surface area contributed by atoms with Crippen molar-refractivity contribution in [2.45, 2.75) is 6.54 Å². The molecule has 1 N–H and O–H groups in total. The maximum atomic E-state index is 12.8. The summed E-state index contributed by atoms with van der Waals surface area (Å²) in [5.74, 6) is -0.905. The standard InChI is InChI=1S/C25H17N3O3S/c29-22(27-19-10-8-17(9-11-19)23-26-12-13-32-23)18-5-3-4-16(14-18)15-28-24(30)20-6-1-2-7-21(20)25(28)31/h1-14H,15H2,(H,27,29). The van der Waals surface area contributed by atoms with Crippen LogP contribution in [0.2, 0.25) is 0 Å². The van der Waals surface area contributed by atoms with E-state index in [-0.39, 0.29) is 24.3 Å². The second-order valence-corrected chi connectivity index (χ2v) is 8.21. The molecule has 0 fully saturated rings. The van der Waals surface area contributed by atoms with Gasteiger partial charge in [0.2, 0.25) is 0 Å². The van der Waals surface area contributed by atoms with Crippen molar-refractivity contribution in [1.82, 2.24) is 9.88 Å². The van der Waals surface area contributed by atoms with Gasteiger partial charge in [-0.3, -0.25) is 19.3 Å². The fourth-order valence-corrected chi connectivity index (χ4v) is 4.29. The zero-order chi connectivity index (χ0) is 22.1. The zero-order valence-corrected chi connectivity index (χ0v) is 17.6. The lowest BCUT2D eigenvalue weighted by atomic mass is 10.1. The molecule has 0 saturated carbocycles. The molecule has 0 bridgehead atoms. The molecule has 1 aliphatic heterocycles. The first kappa shape index (κ1) is 19.8. The van der Waals surface area contributed by atoms with Gasteiger partial charge in [0, 0.05) is 28.4 Å². The van der Waals surface area contributed by atoms with E-state index in [0.29, 0.717) is 27.9 Å². The Morgan fingerprint density at radius 1 is 0.906 bits per heavy atom. The van der Waals surface area contributed by atoms with Gasteiger partial charge in [-0.1, -0.05) is 24.3 Å². The number of benzene rings is 3. The quantitative estimate of drug-likeness (QED) is 0.451. The van der Waals surface area contributed by atoms with Crippen LogP contribution in [-0.4, -0.2) is 27.6 Å². The molecule has 1 aliphatic rings. The molecule has 3 aromatic carbocycles. The molecule has 1 aromatic heterocycles. The number of rotatable bonds is 5. The van der Waals surface area contributed by atoms with Crippen LogP contribution < -0.4 is 5.32 Å². The van der Waals surface area contributed by atoms with Crippen molar-refractivity contribution in [2.24, 2.45) is 0 Å². The zero-order valence-electron chi connectivity index (χ0n) is 16.8. The summed E-state index contributed by atoms with van der Waals surface area (Å²) < 4.78 is 0. The van der Waals surface area contributed by atoms with Crippen LogP contribution >= 0.6 is 11.3 Å². The Balaban J connectivity index is 1.29. The number of anilines is 1. The highest BCUT2D eigenvalue weighted by Gasteiger charge is 2.34. The van der Waals surface area contributed by atoms with Crippen LogP contribution in [0.3, 0.4) is 0 Å². The summed E-state index contributed by atoms with van der Waals surface area (Å²) in [4.78, 5) is 43.5. The molecular weight excluding hydrogens is 422 g/mol. The largest absolute Gasteiger partial charge is 0.322 e. The van der Waals surface area contributed by atoms with E-state index in [9.17, 15) is 14.4 Å². The van der Waals surface area contributed by atoms with Crippen molar-refractivity contribution in [3.63, 3.8) is 0 Å². The predicted molar refractivity (Wildman–Crippen MR) is 123 cm³/mol. The molecule has 6 nitrogen and oxygen atoms in total. The molecular formula is C25H17N3O3S. The van der Waals surface area contributed by atoms with Crippen LogP contribution in [-0.2, 0) is 6.54 Å². The molecule has 32 heavy (non-hydrogen) atoms. The summed E-state index contributed by atoms with van der Waals surface area (Å²) in [6, 6.07) is 21.2. The van der Waals surface area contributed by atoms with Gasteiger partial charge >= 0.3 is 0 Å². The van der Waals surface area contributed by atoms with Gasteiger partial charge in [-0.2, -0.15) is 0 Å². The van der Waals surface area contributed by atoms with E-state index in [4.69, 9.17) is 0 Å². The van der Waals surface area contributed by atoms with Crippen molar-refractivity contribution >= 4 is 34.7 Å². The smallest absolute Gasteiger partial charge is 0.261 e. The lowest BCUT2D eigenvalue weighted by Crippen LogP contribution is -2.29. The van der Waals surface area contributed by atoms with Gasteiger partial charge < -0.3 is 5.32 Å². The number of thiazole rings is 1. The fourth-order valence-electron chi connectivity index (χ4n) is 3.64. The molecule has 4 aromatic rings. The topological polar surface area (TPSA) is 79.4 Å². The Hall–Kier alpha value is -4.10. The minimum atomic E-state index is -0.319. The Bertz CT molecular complexity index is 1300. The molecule has 7 heteroatoms. The highest BCUT2D eigenvalue weighted by Crippen LogP contribution is 2.25. The van der Waals surface area contributed by atoms with E-state index in [1.165, 1.54) is 4.90 Å². The van der Waals surface area contributed by atoms with Crippen LogP contribution in [0.25, 0.3) is 10.6 Å². The average molecular weight is 439 g/mol. The fraction of sp³-hybridized carbons (Fsp3) is 0.0400. The van der Waals surface area contributed by atoms with Crippen LogP contribution in [0.15, 0.2) is 84.4 Å². The first-order valence-electron chi connectivity index (χ1n) is 9.95. The van der Waals surface area contributed by atoms with Gasteiger partial charge in [-0.15, -0.1) is 11.3 Å². The SMILES string of the molecule is O=C(Nc1ccc(-c2nccs2)cc1)c1cccc(CN2C(=O)c3ccccc3C2=O)c1. The van der Waals surface area contributed by atoms with Gasteiger partial charge in [0.15, 0.2) is 0 Å². The van der Waals surface area contributed by atoms with Gasteiger partial charge in [0.1, 0.15) is 5.01 Å². The Morgan fingerprint density at radius 2 is 1.62 bits per heavy atom. The third-order valence-corrected chi connectivity index (χ3v) is 6.05. The van der Waals surface area contributed by atoms with Crippen molar-refractivity contribution in [1.29, 1.82) is 0 Å². The summed E-state index contributed by atoms with van der Waals surface area (Å²) in [5.41, 5.74) is 3.62. The lowest BCUT2D eigenvalue weighted by molar-refractivity contribution is 0.0642. The van der Waals surface area contributed by atoms with E-state index in [0.717, 1.165) is 10.6 Å². The van der Waals surface area contributed by atoms with Crippen molar-refractivity contribution < 1.29 is 14.4 Å². The van der Waals surface area contributed by atoms with E-state index in [1.54, 1.807) is 66.1 Å². The molecule has 156 valence electrons.